The van der Waals surface area contributed by atoms with Gasteiger partial charge in [-0.15, -0.1) is 0 Å². The Hall–Kier alpha value is -1.07. The van der Waals surface area contributed by atoms with Crippen molar-refractivity contribution in [1.82, 2.24) is 4.31 Å². The van der Waals surface area contributed by atoms with E-state index in [0.717, 1.165) is 30.4 Å². The summed E-state index contributed by atoms with van der Waals surface area (Å²) in [7, 11) is -1.78. The van der Waals surface area contributed by atoms with Crippen LogP contribution in [0.3, 0.4) is 0 Å². The lowest BCUT2D eigenvalue weighted by atomic mass is 10.1. The Morgan fingerprint density at radius 2 is 1.58 bits per heavy atom. The number of hydrogen-bond donors (Lipinski definition) is 0. The van der Waals surface area contributed by atoms with E-state index in [-0.39, 0.29) is 0 Å². The maximum Gasteiger partial charge on any atom is 0.243 e. The second-order valence-electron chi connectivity index (χ2n) is 5.06. The zero-order chi connectivity index (χ0) is 14.0. The number of rotatable bonds is 3. The highest BCUT2D eigenvalue weighted by atomic mass is 32.2. The van der Waals surface area contributed by atoms with Gasteiger partial charge in [-0.2, -0.15) is 4.31 Å². The maximum absolute atomic E-state index is 12.7. The summed E-state index contributed by atoms with van der Waals surface area (Å²) >= 11 is 0. The van der Waals surface area contributed by atoms with E-state index in [0.29, 0.717) is 23.7 Å². The quantitative estimate of drug-likeness (QED) is 0.856. The second kappa shape index (κ2) is 5.51. The molecule has 0 radical (unpaired) electrons. The second-order valence-corrected chi connectivity index (χ2v) is 6.93. The summed E-state index contributed by atoms with van der Waals surface area (Å²) in [5, 5.41) is 0. The Morgan fingerprint density at radius 1 is 1.05 bits per heavy atom. The van der Waals surface area contributed by atoms with Crippen molar-refractivity contribution in [1.29, 1.82) is 0 Å². The van der Waals surface area contributed by atoms with Crippen LogP contribution in [0.25, 0.3) is 0 Å². The van der Waals surface area contributed by atoms with Crippen molar-refractivity contribution in [2.24, 2.45) is 0 Å². The van der Waals surface area contributed by atoms with E-state index in [2.05, 4.69) is 0 Å². The molecule has 19 heavy (non-hydrogen) atoms. The third-order valence-corrected chi connectivity index (χ3v) is 5.79. The molecule has 1 heterocycles. The highest BCUT2D eigenvalue weighted by Gasteiger charge is 2.29. The number of nitrogens with zero attached hydrogens (tertiary/aromatic N) is 1. The van der Waals surface area contributed by atoms with Crippen LogP contribution in [-0.4, -0.2) is 32.9 Å². The van der Waals surface area contributed by atoms with E-state index >= 15 is 0 Å². The highest BCUT2D eigenvalue weighted by molar-refractivity contribution is 7.89. The maximum atomic E-state index is 12.7. The highest BCUT2D eigenvalue weighted by Crippen LogP contribution is 2.29. The van der Waals surface area contributed by atoms with Crippen molar-refractivity contribution in [3.63, 3.8) is 0 Å². The van der Waals surface area contributed by atoms with E-state index in [9.17, 15) is 8.42 Å². The minimum absolute atomic E-state index is 0.440. The van der Waals surface area contributed by atoms with Gasteiger partial charge in [0, 0.05) is 13.1 Å². The minimum atomic E-state index is -3.37. The fourth-order valence-electron chi connectivity index (χ4n) is 2.67. The lowest BCUT2D eigenvalue weighted by Gasteiger charge is -2.27. The summed E-state index contributed by atoms with van der Waals surface area (Å²) in [6.07, 6.45) is 3.02. The molecule has 106 valence electrons. The predicted molar refractivity (Wildman–Crippen MR) is 75.1 cm³/mol. The van der Waals surface area contributed by atoms with Crippen molar-refractivity contribution >= 4 is 10.0 Å². The number of aryl methyl sites for hydroxylation is 2. The van der Waals surface area contributed by atoms with Crippen LogP contribution in [0.4, 0.5) is 0 Å². The molecule has 2 rings (SSSR count). The van der Waals surface area contributed by atoms with Crippen molar-refractivity contribution in [3.8, 4) is 5.75 Å². The van der Waals surface area contributed by atoms with E-state index in [1.807, 2.05) is 13.8 Å². The molecule has 0 bridgehead atoms. The Bertz CT molecular complexity index is 537. The average Bonchev–Trinajstić information content (AvgIpc) is 2.38. The lowest BCUT2D eigenvalue weighted by molar-refractivity contribution is 0.346. The van der Waals surface area contributed by atoms with Crippen LogP contribution >= 0.6 is 0 Å². The summed E-state index contributed by atoms with van der Waals surface area (Å²) < 4.78 is 32.2. The summed E-state index contributed by atoms with van der Waals surface area (Å²) in [5.74, 6) is 0.701. The van der Waals surface area contributed by atoms with Crippen LogP contribution in [-0.2, 0) is 10.0 Å². The number of ether oxygens (including phenoxy) is 1. The molecule has 0 aromatic heterocycles. The summed E-state index contributed by atoms with van der Waals surface area (Å²) in [5.41, 5.74) is 1.50. The van der Waals surface area contributed by atoms with Crippen molar-refractivity contribution in [3.05, 3.63) is 23.3 Å². The SMILES string of the molecule is COc1cc(C)c(S(=O)(=O)N2CCCCC2)c(C)c1. The molecule has 1 saturated heterocycles. The molecule has 1 aliphatic rings. The van der Waals surface area contributed by atoms with Gasteiger partial charge in [-0.3, -0.25) is 0 Å². The van der Waals surface area contributed by atoms with Gasteiger partial charge in [0.1, 0.15) is 5.75 Å². The third kappa shape index (κ3) is 2.77. The van der Waals surface area contributed by atoms with Crippen LogP contribution in [0.2, 0.25) is 0 Å². The van der Waals surface area contributed by atoms with Crippen LogP contribution in [0.15, 0.2) is 17.0 Å². The van der Waals surface area contributed by atoms with E-state index < -0.39 is 10.0 Å². The number of benzene rings is 1. The molecule has 1 aromatic carbocycles. The van der Waals surface area contributed by atoms with E-state index in [1.54, 1.807) is 23.5 Å². The molecule has 0 saturated carbocycles. The minimum Gasteiger partial charge on any atom is -0.497 e. The molecule has 0 unspecified atom stereocenters. The predicted octanol–water partition coefficient (Wildman–Crippen LogP) is 2.49. The van der Waals surface area contributed by atoms with Crippen LogP contribution < -0.4 is 4.74 Å². The van der Waals surface area contributed by atoms with Gasteiger partial charge in [-0.25, -0.2) is 8.42 Å². The molecule has 0 aliphatic carbocycles. The molecule has 4 nitrogen and oxygen atoms in total. The number of methoxy groups -OCH3 is 1. The van der Waals surface area contributed by atoms with Crippen LogP contribution in [0.1, 0.15) is 30.4 Å². The summed E-state index contributed by atoms with van der Waals surface area (Å²) in [4.78, 5) is 0.440. The molecule has 0 atom stereocenters. The van der Waals surface area contributed by atoms with Gasteiger partial charge < -0.3 is 4.74 Å². The van der Waals surface area contributed by atoms with Crippen molar-refractivity contribution in [2.75, 3.05) is 20.2 Å². The normalized spacial score (nSPS) is 17.4. The third-order valence-electron chi connectivity index (χ3n) is 3.58. The fourth-order valence-corrected chi connectivity index (χ4v) is 4.60. The lowest BCUT2D eigenvalue weighted by Crippen LogP contribution is -2.36. The zero-order valence-corrected chi connectivity index (χ0v) is 12.6. The molecular weight excluding hydrogens is 262 g/mol. The van der Waals surface area contributed by atoms with E-state index in [4.69, 9.17) is 4.74 Å². The van der Waals surface area contributed by atoms with Gasteiger partial charge in [0.25, 0.3) is 0 Å². The summed E-state index contributed by atoms with van der Waals surface area (Å²) in [6.45, 7) is 4.92. The average molecular weight is 283 g/mol. The van der Waals surface area contributed by atoms with Crippen LogP contribution in [0, 0.1) is 13.8 Å². The van der Waals surface area contributed by atoms with Crippen LogP contribution in [0.5, 0.6) is 5.75 Å². The van der Waals surface area contributed by atoms with Gasteiger partial charge in [0.2, 0.25) is 10.0 Å². The molecule has 5 heteroatoms. The first-order valence-electron chi connectivity index (χ1n) is 6.62. The molecule has 1 aliphatic heterocycles. The standard InChI is InChI=1S/C14H21NO3S/c1-11-9-13(18-3)10-12(2)14(11)19(16,17)15-7-5-4-6-8-15/h9-10H,4-8H2,1-3H3. The zero-order valence-electron chi connectivity index (χ0n) is 11.8. The Kier molecular flexibility index (Phi) is 4.16. The van der Waals surface area contributed by atoms with E-state index in [1.165, 1.54) is 0 Å². The molecule has 0 spiro atoms. The molecule has 1 aromatic rings. The number of sulfonamides is 1. The largest absolute Gasteiger partial charge is 0.497 e. The van der Waals surface area contributed by atoms with Gasteiger partial charge in [-0.05, 0) is 49.9 Å². The number of piperidine rings is 1. The first-order chi connectivity index (χ1) is 8.96. The molecule has 0 N–H and O–H groups in total. The topological polar surface area (TPSA) is 46.6 Å². The number of hydrogen-bond acceptors (Lipinski definition) is 3. The van der Waals surface area contributed by atoms with Gasteiger partial charge in [0.05, 0.1) is 12.0 Å². The van der Waals surface area contributed by atoms with Gasteiger partial charge >= 0.3 is 0 Å². The van der Waals surface area contributed by atoms with Gasteiger partial charge in [0.15, 0.2) is 0 Å². The Labute approximate surface area is 115 Å². The van der Waals surface area contributed by atoms with Crippen molar-refractivity contribution < 1.29 is 13.2 Å². The molecule has 0 amide bonds. The Morgan fingerprint density at radius 3 is 2.05 bits per heavy atom. The first-order valence-corrected chi connectivity index (χ1v) is 8.06. The van der Waals surface area contributed by atoms with Gasteiger partial charge in [-0.1, -0.05) is 6.42 Å². The van der Waals surface area contributed by atoms with Crippen molar-refractivity contribution in [2.45, 2.75) is 38.0 Å². The smallest absolute Gasteiger partial charge is 0.243 e. The molecular formula is C14H21NO3S. The molecule has 1 fully saturated rings. The first kappa shape index (κ1) is 14.3. The monoisotopic (exact) mass is 283 g/mol. The fraction of sp³-hybridized carbons (Fsp3) is 0.571. The summed E-state index contributed by atoms with van der Waals surface area (Å²) in [6, 6.07) is 3.56. The Balaban J connectivity index is 2.45.